The molecule has 0 aliphatic carbocycles. The van der Waals surface area contributed by atoms with Gasteiger partial charge in [0.1, 0.15) is 10.6 Å². The van der Waals surface area contributed by atoms with Crippen molar-refractivity contribution in [2.45, 2.75) is 17.4 Å². The molecule has 0 saturated heterocycles. The molecule has 3 rings (SSSR count). The van der Waals surface area contributed by atoms with Gasteiger partial charge in [-0.2, -0.15) is 0 Å². The Morgan fingerprint density at radius 1 is 1.03 bits per heavy atom. The van der Waals surface area contributed by atoms with Crippen LogP contribution >= 0.6 is 11.6 Å². The molecule has 33 heavy (non-hydrogen) atoms. The van der Waals surface area contributed by atoms with E-state index < -0.39 is 27.9 Å². The Bertz CT molecular complexity index is 1270. The monoisotopic (exact) mass is 487 g/mol. The minimum atomic E-state index is -4.07. The summed E-state index contributed by atoms with van der Waals surface area (Å²) >= 11 is 6.13. The first-order chi connectivity index (χ1) is 15.7. The van der Waals surface area contributed by atoms with E-state index in [1.54, 1.807) is 48.5 Å². The topological polar surface area (TPSA) is 128 Å². The molecule has 0 aliphatic heterocycles. The van der Waals surface area contributed by atoms with Gasteiger partial charge in [0, 0.05) is 5.69 Å². The number of halogens is 1. The number of sulfonamides is 1. The van der Waals surface area contributed by atoms with E-state index in [4.69, 9.17) is 21.5 Å². The maximum absolute atomic E-state index is 12.8. The molecule has 0 aromatic heterocycles. The molecule has 0 fully saturated rings. The maximum Gasteiger partial charge on any atom is 0.253 e. The van der Waals surface area contributed by atoms with Gasteiger partial charge in [-0.15, -0.1) is 0 Å². The molecule has 3 aromatic rings. The van der Waals surface area contributed by atoms with E-state index in [0.29, 0.717) is 10.6 Å². The number of benzene rings is 3. The van der Waals surface area contributed by atoms with Crippen molar-refractivity contribution in [2.75, 3.05) is 12.4 Å². The summed E-state index contributed by atoms with van der Waals surface area (Å²) in [7, 11) is -2.75. The lowest BCUT2D eigenvalue weighted by atomic mass is 10.0. The Hall–Kier alpha value is -3.40. The number of hydrogen-bond donors (Lipinski definition) is 3. The van der Waals surface area contributed by atoms with Gasteiger partial charge in [-0.05, 0) is 35.9 Å². The fourth-order valence-corrected chi connectivity index (χ4v) is 4.14. The van der Waals surface area contributed by atoms with E-state index in [0.717, 1.165) is 0 Å². The molecule has 3 aromatic carbocycles. The summed E-state index contributed by atoms with van der Waals surface area (Å²) in [5.74, 6) is -0.818. The third-order valence-electron chi connectivity index (χ3n) is 4.77. The Labute approximate surface area is 196 Å². The summed E-state index contributed by atoms with van der Waals surface area (Å²) in [4.78, 5) is 25.3. The predicted molar refractivity (Wildman–Crippen MR) is 126 cm³/mol. The van der Waals surface area contributed by atoms with Crippen molar-refractivity contribution in [1.29, 1.82) is 0 Å². The van der Waals surface area contributed by atoms with Crippen LogP contribution in [0.15, 0.2) is 77.7 Å². The number of primary sulfonamides is 1. The molecule has 1 atom stereocenters. The lowest BCUT2D eigenvalue weighted by molar-refractivity contribution is -0.116. The molecule has 0 heterocycles. The van der Waals surface area contributed by atoms with E-state index in [9.17, 15) is 18.0 Å². The molecule has 10 heteroatoms. The van der Waals surface area contributed by atoms with Crippen molar-refractivity contribution in [3.63, 3.8) is 0 Å². The summed E-state index contributed by atoms with van der Waals surface area (Å²) in [6.45, 7) is 0. The highest BCUT2D eigenvalue weighted by atomic mass is 35.5. The molecule has 172 valence electrons. The first-order valence-electron chi connectivity index (χ1n) is 9.80. The van der Waals surface area contributed by atoms with Crippen LogP contribution in [0.2, 0.25) is 5.02 Å². The minimum Gasteiger partial charge on any atom is -0.495 e. The zero-order chi connectivity index (χ0) is 24.0. The molecular formula is C23H22ClN3O5S. The van der Waals surface area contributed by atoms with Crippen LogP contribution in [-0.2, 0) is 14.8 Å². The number of ether oxygens (including phenoxy) is 1. The number of anilines is 1. The highest BCUT2D eigenvalue weighted by Gasteiger charge is 2.21. The second-order valence-corrected chi connectivity index (χ2v) is 9.02. The van der Waals surface area contributed by atoms with Gasteiger partial charge in [-0.3, -0.25) is 9.59 Å². The van der Waals surface area contributed by atoms with Crippen LogP contribution in [0.3, 0.4) is 0 Å². The van der Waals surface area contributed by atoms with Gasteiger partial charge in [0.25, 0.3) is 5.91 Å². The first kappa shape index (κ1) is 24.2. The number of hydrogen-bond acceptors (Lipinski definition) is 5. The highest BCUT2D eigenvalue weighted by Crippen LogP contribution is 2.27. The van der Waals surface area contributed by atoms with Crippen molar-refractivity contribution in [3.8, 4) is 5.75 Å². The zero-order valence-electron chi connectivity index (χ0n) is 17.6. The van der Waals surface area contributed by atoms with Gasteiger partial charge in [-0.25, -0.2) is 13.6 Å². The number of carbonyl (C=O) groups is 2. The number of methoxy groups -OCH3 is 1. The number of nitrogens with one attached hydrogen (secondary N) is 2. The molecule has 0 spiro atoms. The summed E-state index contributed by atoms with van der Waals surface area (Å²) in [6.07, 6.45) is -0.114. The average Bonchev–Trinajstić information content (AvgIpc) is 2.78. The minimum absolute atomic E-state index is 0.0599. The number of nitrogens with two attached hydrogens (primary N) is 1. The molecule has 0 saturated carbocycles. The van der Waals surface area contributed by atoms with Crippen LogP contribution < -0.4 is 20.5 Å². The van der Waals surface area contributed by atoms with Crippen LogP contribution in [0.25, 0.3) is 0 Å². The largest absolute Gasteiger partial charge is 0.495 e. The van der Waals surface area contributed by atoms with Crippen molar-refractivity contribution in [2.24, 2.45) is 5.14 Å². The Balaban J connectivity index is 1.81. The Morgan fingerprint density at radius 3 is 2.33 bits per heavy atom. The fourth-order valence-electron chi connectivity index (χ4n) is 3.19. The number of rotatable bonds is 8. The van der Waals surface area contributed by atoms with Crippen LogP contribution in [0.1, 0.15) is 28.4 Å². The van der Waals surface area contributed by atoms with Gasteiger partial charge in [0.2, 0.25) is 15.9 Å². The van der Waals surface area contributed by atoms with Gasteiger partial charge in [0.05, 0.1) is 30.2 Å². The summed E-state index contributed by atoms with van der Waals surface area (Å²) in [5.41, 5.74) is 1.22. The third kappa shape index (κ3) is 6.32. The zero-order valence-corrected chi connectivity index (χ0v) is 19.2. The van der Waals surface area contributed by atoms with Gasteiger partial charge in [0.15, 0.2) is 0 Å². The van der Waals surface area contributed by atoms with Crippen molar-refractivity contribution >= 4 is 39.1 Å². The van der Waals surface area contributed by atoms with Crippen LogP contribution in [-0.4, -0.2) is 27.3 Å². The van der Waals surface area contributed by atoms with E-state index in [1.807, 2.05) is 6.07 Å². The molecule has 8 nitrogen and oxygen atoms in total. The van der Waals surface area contributed by atoms with Crippen LogP contribution in [0, 0.1) is 0 Å². The summed E-state index contributed by atoms with van der Waals surface area (Å²) < 4.78 is 28.7. The van der Waals surface area contributed by atoms with Crippen LogP contribution in [0.4, 0.5) is 5.69 Å². The van der Waals surface area contributed by atoms with E-state index in [-0.39, 0.29) is 28.3 Å². The van der Waals surface area contributed by atoms with Gasteiger partial charge >= 0.3 is 0 Å². The quantitative estimate of drug-likeness (QED) is 0.448. The molecule has 4 N–H and O–H groups in total. The van der Waals surface area contributed by atoms with Crippen LogP contribution in [0.5, 0.6) is 5.75 Å². The van der Waals surface area contributed by atoms with Crippen molar-refractivity contribution in [3.05, 3.63) is 88.9 Å². The second kappa shape index (κ2) is 10.5. The Kier molecular flexibility index (Phi) is 7.70. The number of carbonyl (C=O) groups excluding carboxylic acids is 2. The lowest BCUT2D eigenvalue weighted by Gasteiger charge is -2.20. The van der Waals surface area contributed by atoms with Crippen molar-refractivity contribution < 1.29 is 22.7 Å². The molecule has 2 amide bonds. The van der Waals surface area contributed by atoms with E-state index in [1.165, 1.54) is 25.3 Å². The molecule has 0 bridgehead atoms. The standard InChI is InChI=1S/C23H22ClN3O5S/c1-32-20-12-11-16(13-21(20)33(25,30)31)26-22(28)14-19(15-7-3-2-4-8-15)27-23(29)17-9-5-6-10-18(17)24/h2-13,19H,14H2,1H3,(H,26,28)(H,27,29)(H2,25,30,31). The smallest absolute Gasteiger partial charge is 0.253 e. The third-order valence-corrected chi connectivity index (χ3v) is 6.03. The fraction of sp³-hybridized carbons (Fsp3) is 0.130. The lowest BCUT2D eigenvalue weighted by Crippen LogP contribution is -2.31. The molecular weight excluding hydrogens is 466 g/mol. The molecule has 0 aliphatic rings. The van der Waals surface area contributed by atoms with E-state index in [2.05, 4.69) is 10.6 Å². The predicted octanol–water partition coefficient (Wildman–Crippen LogP) is 3.50. The highest BCUT2D eigenvalue weighted by molar-refractivity contribution is 7.89. The van der Waals surface area contributed by atoms with Gasteiger partial charge < -0.3 is 15.4 Å². The summed E-state index contributed by atoms with van der Waals surface area (Å²) in [6, 6.07) is 19.0. The average molecular weight is 488 g/mol. The SMILES string of the molecule is COc1ccc(NC(=O)CC(NC(=O)c2ccccc2Cl)c2ccccc2)cc1S(N)(=O)=O. The molecule has 1 unspecified atom stereocenters. The first-order valence-corrected chi connectivity index (χ1v) is 11.7. The second-order valence-electron chi connectivity index (χ2n) is 7.08. The normalized spacial score (nSPS) is 12.0. The number of amides is 2. The van der Waals surface area contributed by atoms with E-state index >= 15 is 0 Å². The summed E-state index contributed by atoms with van der Waals surface area (Å²) in [5, 5.41) is 11.0. The van der Waals surface area contributed by atoms with Crippen molar-refractivity contribution in [1.82, 2.24) is 5.32 Å². The maximum atomic E-state index is 12.8. The van der Waals surface area contributed by atoms with Gasteiger partial charge in [-0.1, -0.05) is 54.1 Å². The Morgan fingerprint density at radius 2 is 1.70 bits per heavy atom. The molecule has 0 radical (unpaired) electrons.